The minimum atomic E-state index is 0.610. The molecule has 2 N–H and O–H groups in total. The molecule has 0 radical (unpaired) electrons. The quantitative estimate of drug-likeness (QED) is 0.580. The Hall–Kier alpha value is -2.03. The van der Waals surface area contributed by atoms with E-state index >= 15 is 0 Å². The van der Waals surface area contributed by atoms with E-state index in [9.17, 15) is 4.79 Å². The van der Waals surface area contributed by atoms with Crippen LogP contribution in [0.5, 0.6) is 0 Å². The predicted octanol–water partition coefficient (Wildman–Crippen LogP) is 2.77. The van der Waals surface area contributed by atoms with Crippen molar-refractivity contribution in [2.45, 2.75) is 6.92 Å². The van der Waals surface area contributed by atoms with Crippen LogP contribution in [0.2, 0.25) is 0 Å². The average Bonchev–Trinajstić information content (AvgIpc) is 2.73. The van der Waals surface area contributed by atoms with Crippen LogP contribution < -0.4 is 0 Å². The highest BCUT2D eigenvalue weighted by Gasteiger charge is 2.07. The summed E-state index contributed by atoms with van der Waals surface area (Å²) in [6.07, 6.45) is 0.827. The summed E-state index contributed by atoms with van der Waals surface area (Å²) in [5.74, 6) is 0. The van der Waals surface area contributed by atoms with Crippen LogP contribution in [0.3, 0.4) is 0 Å². The van der Waals surface area contributed by atoms with Crippen LogP contribution in [-0.2, 0) is 0 Å². The maximum absolute atomic E-state index is 10.6. The monoisotopic (exact) mass is 198 g/mol. The van der Waals surface area contributed by atoms with Crippen molar-refractivity contribution >= 4 is 28.2 Å². The fraction of sp³-hybridized carbons (Fsp3) is 0.0833. The van der Waals surface area contributed by atoms with Crippen molar-refractivity contribution in [3.8, 4) is 0 Å². The molecular formula is C12H10N2O. The Morgan fingerprint density at radius 2 is 2.00 bits per heavy atom. The van der Waals surface area contributed by atoms with Gasteiger partial charge in [-0.1, -0.05) is 12.1 Å². The van der Waals surface area contributed by atoms with E-state index in [4.69, 9.17) is 0 Å². The van der Waals surface area contributed by atoms with Crippen LogP contribution in [0.4, 0.5) is 0 Å². The van der Waals surface area contributed by atoms with Crippen molar-refractivity contribution in [1.82, 2.24) is 9.97 Å². The molecule has 3 rings (SSSR count). The number of aromatic nitrogens is 2. The van der Waals surface area contributed by atoms with Crippen LogP contribution in [0.1, 0.15) is 16.1 Å². The number of H-pyrrole nitrogens is 2. The third-order valence-corrected chi connectivity index (χ3v) is 2.68. The molecule has 2 aromatic heterocycles. The second-order valence-corrected chi connectivity index (χ2v) is 3.81. The molecule has 3 nitrogen and oxygen atoms in total. The minimum Gasteiger partial charge on any atom is -0.353 e. The van der Waals surface area contributed by atoms with E-state index in [1.165, 1.54) is 5.56 Å². The molecule has 0 atom stereocenters. The Morgan fingerprint density at radius 3 is 2.80 bits per heavy atom. The van der Waals surface area contributed by atoms with E-state index in [1.54, 1.807) is 0 Å². The van der Waals surface area contributed by atoms with Crippen LogP contribution >= 0.6 is 0 Å². The summed E-state index contributed by atoms with van der Waals surface area (Å²) in [5.41, 5.74) is 4.93. The zero-order chi connectivity index (χ0) is 10.4. The highest BCUT2D eigenvalue weighted by molar-refractivity contribution is 6.07. The Morgan fingerprint density at radius 1 is 1.13 bits per heavy atom. The van der Waals surface area contributed by atoms with Crippen molar-refractivity contribution in [2.75, 3.05) is 0 Å². The summed E-state index contributed by atoms with van der Waals surface area (Å²) < 4.78 is 0. The molecule has 0 aliphatic carbocycles. The summed E-state index contributed by atoms with van der Waals surface area (Å²) in [7, 11) is 0. The number of carbonyl (C=O) groups excluding carboxylic acids is 1. The standard InChI is InChI=1S/C12H10N2O/c1-7-2-3-9-10(4-7)14-11-5-8(6-15)13-12(9)11/h2-6,13-14H,1H3. The summed E-state index contributed by atoms with van der Waals surface area (Å²) in [6.45, 7) is 2.06. The number of rotatable bonds is 1. The van der Waals surface area contributed by atoms with Crippen LogP contribution in [0.15, 0.2) is 24.3 Å². The van der Waals surface area contributed by atoms with Gasteiger partial charge in [0.1, 0.15) is 0 Å². The molecule has 0 saturated carbocycles. The first-order valence-electron chi connectivity index (χ1n) is 4.84. The molecule has 0 unspecified atom stereocenters. The molecule has 74 valence electrons. The fourth-order valence-electron chi connectivity index (χ4n) is 1.97. The number of hydrogen-bond acceptors (Lipinski definition) is 1. The lowest BCUT2D eigenvalue weighted by atomic mass is 10.2. The van der Waals surface area contributed by atoms with E-state index < -0.39 is 0 Å². The first kappa shape index (κ1) is 8.29. The van der Waals surface area contributed by atoms with Crippen molar-refractivity contribution in [1.29, 1.82) is 0 Å². The number of carbonyl (C=O) groups is 1. The van der Waals surface area contributed by atoms with Gasteiger partial charge >= 0.3 is 0 Å². The van der Waals surface area contributed by atoms with Gasteiger partial charge in [-0.05, 0) is 24.6 Å². The number of aldehydes is 1. The molecule has 2 heterocycles. The van der Waals surface area contributed by atoms with E-state index in [0.29, 0.717) is 5.69 Å². The summed E-state index contributed by atoms with van der Waals surface area (Å²) in [4.78, 5) is 17.0. The molecule has 3 heteroatoms. The lowest BCUT2D eigenvalue weighted by molar-refractivity contribution is 0.112. The number of hydrogen-bond donors (Lipinski definition) is 2. The zero-order valence-electron chi connectivity index (χ0n) is 8.29. The molecular weight excluding hydrogens is 188 g/mol. The van der Waals surface area contributed by atoms with Gasteiger partial charge in [0.15, 0.2) is 6.29 Å². The minimum absolute atomic E-state index is 0.610. The van der Waals surface area contributed by atoms with E-state index in [1.807, 2.05) is 6.07 Å². The van der Waals surface area contributed by atoms with E-state index in [0.717, 1.165) is 28.2 Å². The largest absolute Gasteiger partial charge is 0.353 e. The van der Waals surface area contributed by atoms with Gasteiger partial charge in [-0.15, -0.1) is 0 Å². The van der Waals surface area contributed by atoms with Gasteiger partial charge < -0.3 is 9.97 Å². The van der Waals surface area contributed by atoms with Gasteiger partial charge in [-0.25, -0.2) is 0 Å². The number of fused-ring (bicyclic) bond motifs is 3. The lowest BCUT2D eigenvalue weighted by Crippen LogP contribution is -1.77. The van der Waals surface area contributed by atoms with Gasteiger partial charge in [0.2, 0.25) is 0 Å². The Labute approximate surface area is 86.1 Å². The number of aromatic amines is 2. The molecule has 0 spiro atoms. The molecule has 0 bridgehead atoms. The summed E-state index contributed by atoms with van der Waals surface area (Å²) >= 11 is 0. The zero-order valence-corrected chi connectivity index (χ0v) is 8.29. The summed E-state index contributed by atoms with van der Waals surface area (Å²) in [5, 5.41) is 1.13. The first-order valence-corrected chi connectivity index (χ1v) is 4.84. The number of nitrogens with one attached hydrogen (secondary N) is 2. The number of aryl methyl sites for hydroxylation is 1. The maximum atomic E-state index is 10.6. The van der Waals surface area contributed by atoms with Crippen LogP contribution in [-0.4, -0.2) is 16.3 Å². The van der Waals surface area contributed by atoms with Crippen molar-refractivity contribution in [3.63, 3.8) is 0 Å². The van der Waals surface area contributed by atoms with Crippen molar-refractivity contribution in [3.05, 3.63) is 35.5 Å². The molecule has 0 saturated heterocycles. The average molecular weight is 198 g/mol. The predicted molar refractivity (Wildman–Crippen MR) is 60.3 cm³/mol. The second kappa shape index (κ2) is 2.73. The van der Waals surface area contributed by atoms with Gasteiger partial charge in [0, 0.05) is 10.9 Å². The molecule has 0 aliphatic rings. The van der Waals surface area contributed by atoms with Crippen molar-refractivity contribution < 1.29 is 4.79 Å². The Bertz CT molecular complexity index is 661. The van der Waals surface area contributed by atoms with Gasteiger partial charge in [-0.2, -0.15) is 0 Å². The van der Waals surface area contributed by atoms with Gasteiger partial charge in [-0.3, -0.25) is 4.79 Å². The van der Waals surface area contributed by atoms with Crippen LogP contribution in [0.25, 0.3) is 21.9 Å². The van der Waals surface area contributed by atoms with E-state index in [2.05, 4.69) is 35.1 Å². The van der Waals surface area contributed by atoms with Crippen molar-refractivity contribution in [2.24, 2.45) is 0 Å². The Kier molecular flexibility index (Phi) is 1.51. The Balaban J connectivity index is 2.45. The molecule has 0 fully saturated rings. The highest BCUT2D eigenvalue weighted by atomic mass is 16.1. The van der Waals surface area contributed by atoms with E-state index in [-0.39, 0.29) is 0 Å². The third kappa shape index (κ3) is 1.09. The topological polar surface area (TPSA) is 48.6 Å². The first-order chi connectivity index (χ1) is 7.28. The van der Waals surface area contributed by atoms with Gasteiger partial charge in [0.25, 0.3) is 0 Å². The van der Waals surface area contributed by atoms with Gasteiger partial charge in [0.05, 0.1) is 16.7 Å². The number of benzene rings is 1. The van der Waals surface area contributed by atoms with Crippen LogP contribution in [0, 0.1) is 6.92 Å². The second-order valence-electron chi connectivity index (χ2n) is 3.81. The SMILES string of the molecule is Cc1ccc2c(c1)[nH]c1cc(C=O)[nH]c12. The molecule has 15 heavy (non-hydrogen) atoms. The molecule has 1 aromatic carbocycles. The smallest absolute Gasteiger partial charge is 0.166 e. The maximum Gasteiger partial charge on any atom is 0.166 e. The molecule has 0 aliphatic heterocycles. The lowest BCUT2D eigenvalue weighted by Gasteiger charge is -1.92. The fourth-order valence-corrected chi connectivity index (χ4v) is 1.97. The third-order valence-electron chi connectivity index (χ3n) is 2.68. The normalized spacial score (nSPS) is 11.3. The molecule has 0 amide bonds. The highest BCUT2D eigenvalue weighted by Crippen LogP contribution is 2.25. The summed E-state index contributed by atoms with van der Waals surface area (Å²) in [6, 6.07) is 8.06. The molecule has 3 aromatic rings.